The molecule has 240 valence electrons. The largest absolute Gasteiger partial charge is 0.279 e. The van der Waals surface area contributed by atoms with Crippen LogP contribution in [-0.4, -0.2) is 45.5 Å². The zero-order valence-electron chi connectivity index (χ0n) is 27.2. The molecule has 2 aliphatic heterocycles. The van der Waals surface area contributed by atoms with Crippen LogP contribution in [0.15, 0.2) is 48.6 Å². The Morgan fingerprint density at radius 1 is 0.622 bits per heavy atom. The van der Waals surface area contributed by atoms with Crippen LogP contribution in [-0.2, 0) is 19.2 Å². The molecule has 0 aromatic rings. The van der Waals surface area contributed by atoms with Crippen molar-refractivity contribution in [1.29, 1.82) is 0 Å². The minimum absolute atomic E-state index is 0.0454. The molecule has 0 N–H and O–H groups in total. The van der Waals surface area contributed by atoms with Crippen molar-refractivity contribution in [2.45, 2.75) is 103 Å². The average Bonchev–Trinajstić information content (AvgIpc) is 3.86. The van der Waals surface area contributed by atoms with Gasteiger partial charge >= 0.3 is 0 Å². The third-order valence-corrected chi connectivity index (χ3v) is 14.5. The highest BCUT2D eigenvalue weighted by atomic mass is 16.2. The van der Waals surface area contributed by atoms with Crippen molar-refractivity contribution in [2.75, 3.05) is 0 Å². The molecule has 8 unspecified atom stereocenters. The highest BCUT2D eigenvalue weighted by molar-refractivity contribution is 6.07. The van der Waals surface area contributed by atoms with Crippen LogP contribution in [0.1, 0.15) is 90.9 Å². The van der Waals surface area contributed by atoms with E-state index in [1.807, 2.05) is 12.2 Å². The Hall–Kier alpha value is -2.76. The number of hydrogen-bond donors (Lipinski definition) is 0. The lowest BCUT2D eigenvalue weighted by Crippen LogP contribution is -2.47. The van der Waals surface area contributed by atoms with Crippen molar-refractivity contribution in [2.24, 2.45) is 64.6 Å². The van der Waals surface area contributed by atoms with Gasteiger partial charge < -0.3 is 0 Å². The molecule has 45 heavy (non-hydrogen) atoms. The van der Waals surface area contributed by atoms with Gasteiger partial charge in [-0.25, -0.2) is 0 Å². The second-order valence-electron chi connectivity index (χ2n) is 16.5. The van der Waals surface area contributed by atoms with Crippen molar-refractivity contribution < 1.29 is 19.2 Å². The molecule has 6 fully saturated rings. The third-order valence-electron chi connectivity index (χ3n) is 14.5. The van der Waals surface area contributed by atoms with Gasteiger partial charge in [0.25, 0.3) is 0 Å². The van der Waals surface area contributed by atoms with Gasteiger partial charge in [-0.05, 0) is 118 Å². The number of likely N-dealkylation sites (tertiary alicyclic amines) is 2. The van der Waals surface area contributed by atoms with Crippen molar-refractivity contribution in [3.63, 3.8) is 0 Å². The second kappa shape index (κ2) is 10.6. The SMILES string of the molecule is C=CCC1=CC2CC1C1C(=O)N(C3CCC(C(C)(C)C4CCC(N5C(=O)C6C7C=C(CC=C)C(C7)C6C5=O)CC4)CC3)C(=O)C21. The first-order valence-corrected chi connectivity index (χ1v) is 18.0. The quantitative estimate of drug-likeness (QED) is 0.228. The van der Waals surface area contributed by atoms with Crippen molar-refractivity contribution in [3.05, 3.63) is 48.6 Å². The predicted molar refractivity (Wildman–Crippen MR) is 172 cm³/mol. The molecule has 6 heteroatoms. The van der Waals surface area contributed by atoms with Crippen LogP contribution in [0.5, 0.6) is 0 Å². The zero-order valence-corrected chi connectivity index (χ0v) is 27.2. The molecule has 8 atom stereocenters. The number of allylic oxidation sites excluding steroid dienone is 6. The van der Waals surface area contributed by atoms with Crippen LogP contribution in [0, 0.1) is 64.6 Å². The van der Waals surface area contributed by atoms with E-state index in [0.29, 0.717) is 11.8 Å². The molecule has 4 amide bonds. The molecular weight excluding hydrogens is 560 g/mol. The lowest BCUT2D eigenvalue weighted by Gasteiger charge is -2.48. The lowest BCUT2D eigenvalue weighted by atomic mass is 9.60. The molecule has 0 aromatic carbocycles. The maximum atomic E-state index is 13.7. The van der Waals surface area contributed by atoms with E-state index in [1.165, 1.54) is 11.1 Å². The van der Waals surface area contributed by atoms with Gasteiger partial charge in [0, 0.05) is 12.1 Å². The van der Waals surface area contributed by atoms with Gasteiger partial charge in [-0.1, -0.05) is 49.3 Å². The first-order valence-electron chi connectivity index (χ1n) is 18.0. The van der Waals surface area contributed by atoms with Gasteiger partial charge in [0.15, 0.2) is 0 Å². The summed E-state index contributed by atoms with van der Waals surface area (Å²) in [6, 6.07) is 0.0909. The summed E-state index contributed by atoms with van der Waals surface area (Å²) in [7, 11) is 0. The molecule has 0 spiro atoms. The Labute approximate surface area is 268 Å². The van der Waals surface area contributed by atoms with E-state index < -0.39 is 0 Å². The summed E-state index contributed by atoms with van der Waals surface area (Å²) in [5.41, 5.74) is 2.79. The molecule has 4 bridgehead atoms. The third kappa shape index (κ3) is 4.18. The Kier molecular flexibility index (Phi) is 7.00. The molecule has 2 heterocycles. The summed E-state index contributed by atoms with van der Waals surface area (Å²) >= 11 is 0. The van der Waals surface area contributed by atoms with Crippen LogP contribution >= 0.6 is 0 Å². The van der Waals surface area contributed by atoms with Crippen LogP contribution in [0.3, 0.4) is 0 Å². The molecule has 8 rings (SSSR count). The summed E-state index contributed by atoms with van der Waals surface area (Å²) in [4.78, 5) is 58.0. The van der Waals surface area contributed by atoms with E-state index in [4.69, 9.17) is 0 Å². The topological polar surface area (TPSA) is 74.8 Å². The Morgan fingerprint density at radius 2 is 0.978 bits per heavy atom. The zero-order chi connectivity index (χ0) is 31.4. The molecule has 6 nitrogen and oxygen atoms in total. The highest BCUT2D eigenvalue weighted by Crippen LogP contribution is 2.59. The summed E-state index contributed by atoms with van der Waals surface area (Å²) in [5.74, 6) is 1.91. The predicted octanol–water partition coefficient (Wildman–Crippen LogP) is 6.64. The molecule has 4 saturated carbocycles. The van der Waals surface area contributed by atoms with Crippen molar-refractivity contribution >= 4 is 23.6 Å². The number of carbonyl (C=O) groups excluding carboxylic acids is 4. The minimum atomic E-state index is -0.138. The first kappa shape index (κ1) is 29.6. The smallest absolute Gasteiger partial charge is 0.233 e. The monoisotopic (exact) mass is 610 g/mol. The summed E-state index contributed by atoms with van der Waals surface area (Å²) < 4.78 is 0. The van der Waals surface area contributed by atoms with Gasteiger partial charge in [0.1, 0.15) is 0 Å². The van der Waals surface area contributed by atoms with Crippen LogP contribution in [0.4, 0.5) is 0 Å². The molecule has 2 saturated heterocycles. The Morgan fingerprint density at radius 3 is 1.33 bits per heavy atom. The molecule has 6 aliphatic carbocycles. The van der Waals surface area contributed by atoms with Crippen molar-refractivity contribution in [3.8, 4) is 0 Å². The fraction of sp³-hybridized carbons (Fsp3) is 0.692. The van der Waals surface area contributed by atoms with Gasteiger partial charge in [-0.2, -0.15) is 0 Å². The molecule has 0 aromatic heterocycles. The first-order chi connectivity index (χ1) is 21.6. The highest BCUT2D eigenvalue weighted by Gasteiger charge is 2.63. The fourth-order valence-corrected chi connectivity index (χ4v) is 12.3. The molecule has 8 aliphatic rings. The normalized spacial score (nSPS) is 43.6. The standard InChI is InChI=1S/C39H50N2O4/c1-5-7-21-17-23-19-29(21)33-31(23)35(42)40(37(33)44)27-13-9-25(10-14-27)39(3,4)26-11-15-28(16-12-26)41-36(43)32-24-18-22(8-6-2)30(20-24)34(32)38(41)45/h5-6,17-18,23-34H,1-2,7-16,19-20H2,3-4H3. The maximum absolute atomic E-state index is 13.7. The van der Waals surface area contributed by atoms with E-state index in [0.717, 1.165) is 77.0 Å². The van der Waals surface area contributed by atoms with E-state index in [-0.39, 0.29) is 88.5 Å². The Balaban J connectivity index is 0.868. The fourth-order valence-electron chi connectivity index (χ4n) is 12.3. The number of nitrogens with zero attached hydrogens (tertiary/aromatic N) is 2. The van der Waals surface area contributed by atoms with Crippen LogP contribution in [0.2, 0.25) is 0 Å². The van der Waals surface area contributed by atoms with E-state index >= 15 is 0 Å². The number of fused-ring (bicyclic) bond motifs is 10. The van der Waals surface area contributed by atoms with Gasteiger partial charge in [0.05, 0.1) is 23.7 Å². The van der Waals surface area contributed by atoms with Gasteiger partial charge in [0.2, 0.25) is 23.6 Å². The number of amides is 4. The number of carbonyl (C=O) groups is 4. The number of rotatable bonds is 8. The Bertz CT molecular complexity index is 1300. The van der Waals surface area contributed by atoms with E-state index in [2.05, 4.69) is 39.2 Å². The second-order valence-corrected chi connectivity index (χ2v) is 16.5. The van der Waals surface area contributed by atoms with E-state index in [1.54, 1.807) is 9.80 Å². The molecular formula is C39H50N2O4. The average molecular weight is 611 g/mol. The summed E-state index contributed by atoms with van der Waals surface area (Å²) in [6.45, 7) is 12.6. The van der Waals surface area contributed by atoms with Crippen molar-refractivity contribution in [1.82, 2.24) is 9.80 Å². The number of hydrogen-bond acceptors (Lipinski definition) is 4. The van der Waals surface area contributed by atoms with Gasteiger partial charge in [-0.15, -0.1) is 13.2 Å². The van der Waals surface area contributed by atoms with Gasteiger partial charge in [-0.3, -0.25) is 29.0 Å². The maximum Gasteiger partial charge on any atom is 0.233 e. The molecule has 0 radical (unpaired) electrons. The number of imide groups is 2. The summed E-state index contributed by atoms with van der Waals surface area (Å²) in [6.07, 6.45) is 19.8. The minimum Gasteiger partial charge on any atom is -0.279 e. The van der Waals surface area contributed by atoms with Crippen LogP contribution < -0.4 is 0 Å². The van der Waals surface area contributed by atoms with E-state index in [9.17, 15) is 19.2 Å². The summed E-state index contributed by atoms with van der Waals surface area (Å²) in [5, 5.41) is 0. The lowest BCUT2D eigenvalue weighted by molar-refractivity contribution is -0.145. The van der Waals surface area contributed by atoms with Crippen LogP contribution in [0.25, 0.3) is 0 Å².